The second-order valence-corrected chi connectivity index (χ2v) is 7.22. The van der Waals surface area contributed by atoms with Crippen LogP contribution in [0.25, 0.3) is 10.8 Å². The summed E-state index contributed by atoms with van der Waals surface area (Å²) >= 11 is 0. The van der Waals surface area contributed by atoms with E-state index in [1.165, 1.54) is 0 Å². The van der Waals surface area contributed by atoms with Crippen LogP contribution in [0.2, 0.25) is 0 Å². The Morgan fingerprint density at radius 3 is 2.40 bits per heavy atom. The van der Waals surface area contributed by atoms with Gasteiger partial charge in [-0.1, -0.05) is 57.2 Å². The molecule has 2 aromatic rings. The first-order valence-corrected chi connectivity index (χ1v) is 8.57. The average molecular weight is 341 g/mol. The first kappa shape index (κ1) is 18.9. The van der Waals surface area contributed by atoms with E-state index in [0.29, 0.717) is 13.1 Å². The van der Waals surface area contributed by atoms with E-state index in [4.69, 9.17) is 5.73 Å². The molecule has 4 N–H and O–H groups in total. The lowest BCUT2D eigenvalue weighted by Gasteiger charge is -2.19. The second-order valence-electron chi connectivity index (χ2n) is 7.22. The normalized spacial score (nSPS) is 12.6. The first-order chi connectivity index (χ1) is 11.8. The molecule has 5 heteroatoms. The molecule has 0 fully saturated rings. The van der Waals surface area contributed by atoms with Gasteiger partial charge in [0.2, 0.25) is 11.8 Å². The van der Waals surface area contributed by atoms with Crippen LogP contribution in [0.3, 0.4) is 0 Å². The van der Waals surface area contributed by atoms with Gasteiger partial charge in [-0.05, 0) is 22.4 Å². The van der Waals surface area contributed by atoms with Crippen molar-refractivity contribution in [1.29, 1.82) is 0 Å². The third-order valence-corrected chi connectivity index (χ3v) is 4.07. The van der Waals surface area contributed by atoms with E-state index in [1.54, 1.807) is 0 Å². The molecular formula is C20H27N3O2. The Hall–Kier alpha value is -2.40. The van der Waals surface area contributed by atoms with Crippen LogP contribution in [-0.2, 0) is 9.59 Å². The predicted octanol–water partition coefficient (Wildman–Crippen LogP) is 2.51. The highest BCUT2D eigenvalue weighted by molar-refractivity contribution is 5.84. The monoisotopic (exact) mass is 341 g/mol. The van der Waals surface area contributed by atoms with Gasteiger partial charge in [-0.3, -0.25) is 9.59 Å². The number of carbonyl (C=O) groups excluding carboxylic acids is 2. The molecule has 0 aliphatic heterocycles. The van der Waals surface area contributed by atoms with Crippen molar-refractivity contribution < 1.29 is 9.59 Å². The summed E-state index contributed by atoms with van der Waals surface area (Å²) in [5.74, 6) is -0.192. The third kappa shape index (κ3) is 5.29. The molecule has 0 saturated carbocycles. The van der Waals surface area contributed by atoms with E-state index in [1.807, 2.05) is 57.2 Å². The lowest BCUT2D eigenvalue weighted by atomic mass is 9.96. The quantitative estimate of drug-likeness (QED) is 0.755. The maximum atomic E-state index is 12.2. The molecule has 0 bridgehead atoms. The third-order valence-electron chi connectivity index (χ3n) is 4.07. The zero-order chi connectivity index (χ0) is 18.4. The Morgan fingerprint density at radius 2 is 1.76 bits per heavy atom. The SMILES string of the molecule is CC(C)(C)C(=O)NCCC(=O)NC(CN)c1ccc2ccccc2c1. The van der Waals surface area contributed by atoms with Crippen molar-refractivity contribution >= 4 is 22.6 Å². The summed E-state index contributed by atoms with van der Waals surface area (Å²) in [5.41, 5.74) is 6.37. The number of nitrogens with one attached hydrogen (secondary N) is 2. The summed E-state index contributed by atoms with van der Waals surface area (Å²) in [4.78, 5) is 24.0. The van der Waals surface area contributed by atoms with E-state index in [2.05, 4.69) is 16.7 Å². The highest BCUT2D eigenvalue weighted by Crippen LogP contribution is 2.20. The van der Waals surface area contributed by atoms with E-state index in [0.717, 1.165) is 16.3 Å². The fraction of sp³-hybridized carbons (Fsp3) is 0.400. The van der Waals surface area contributed by atoms with Crippen molar-refractivity contribution in [1.82, 2.24) is 10.6 Å². The standard InChI is InChI=1S/C20H27N3O2/c1-20(2,3)19(25)22-11-10-18(24)23-17(13-21)16-9-8-14-6-4-5-7-15(14)12-16/h4-9,12,17H,10-11,13,21H2,1-3H3,(H,22,25)(H,23,24). The van der Waals surface area contributed by atoms with Crippen molar-refractivity contribution in [3.05, 3.63) is 48.0 Å². The molecule has 0 saturated heterocycles. The number of amides is 2. The highest BCUT2D eigenvalue weighted by atomic mass is 16.2. The fourth-order valence-corrected chi connectivity index (χ4v) is 2.52. The van der Waals surface area contributed by atoms with Gasteiger partial charge < -0.3 is 16.4 Å². The molecule has 0 heterocycles. The van der Waals surface area contributed by atoms with Gasteiger partial charge in [0.15, 0.2) is 0 Å². The van der Waals surface area contributed by atoms with Crippen LogP contribution in [0.1, 0.15) is 38.8 Å². The Labute approximate surface area is 149 Å². The maximum absolute atomic E-state index is 12.2. The average Bonchev–Trinajstić information content (AvgIpc) is 2.58. The number of nitrogens with two attached hydrogens (primary N) is 1. The van der Waals surface area contributed by atoms with Gasteiger partial charge in [0.25, 0.3) is 0 Å². The molecule has 2 amide bonds. The predicted molar refractivity (Wildman–Crippen MR) is 101 cm³/mol. The van der Waals surface area contributed by atoms with Crippen LogP contribution in [0, 0.1) is 5.41 Å². The smallest absolute Gasteiger partial charge is 0.225 e. The van der Waals surface area contributed by atoms with Gasteiger partial charge in [-0.2, -0.15) is 0 Å². The Morgan fingerprint density at radius 1 is 1.08 bits per heavy atom. The number of hydrogen-bond acceptors (Lipinski definition) is 3. The van der Waals surface area contributed by atoms with Gasteiger partial charge >= 0.3 is 0 Å². The largest absolute Gasteiger partial charge is 0.355 e. The van der Waals surface area contributed by atoms with Crippen molar-refractivity contribution in [2.24, 2.45) is 11.1 Å². The molecule has 0 aliphatic rings. The summed E-state index contributed by atoms with van der Waals surface area (Å²) < 4.78 is 0. The van der Waals surface area contributed by atoms with Crippen LogP contribution >= 0.6 is 0 Å². The molecule has 25 heavy (non-hydrogen) atoms. The summed E-state index contributed by atoms with van der Waals surface area (Å²) in [6.07, 6.45) is 0.228. The molecule has 1 unspecified atom stereocenters. The van der Waals surface area contributed by atoms with Crippen molar-refractivity contribution in [3.63, 3.8) is 0 Å². The molecule has 1 atom stereocenters. The molecule has 0 aliphatic carbocycles. The van der Waals surface area contributed by atoms with E-state index < -0.39 is 5.41 Å². The van der Waals surface area contributed by atoms with E-state index in [9.17, 15) is 9.59 Å². The highest BCUT2D eigenvalue weighted by Gasteiger charge is 2.21. The number of hydrogen-bond donors (Lipinski definition) is 3. The lowest BCUT2D eigenvalue weighted by Crippen LogP contribution is -2.39. The molecule has 2 aromatic carbocycles. The lowest BCUT2D eigenvalue weighted by molar-refractivity contribution is -0.128. The Bertz CT molecular complexity index is 750. The van der Waals surface area contributed by atoms with Crippen molar-refractivity contribution in [2.45, 2.75) is 33.2 Å². The fourth-order valence-electron chi connectivity index (χ4n) is 2.52. The minimum Gasteiger partial charge on any atom is -0.355 e. The molecule has 0 radical (unpaired) electrons. The van der Waals surface area contributed by atoms with Crippen LogP contribution in [-0.4, -0.2) is 24.9 Å². The van der Waals surface area contributed by atoms with Gasteiger partial charge in [0.05, 0.1) is 6.04 Å². The summed E-state index contributed by atoms with van der Waals surface area (Å²) in [7, 11) is 0. The number of carbonyl (C=O) groups is 2. The summed E-state index contributed by atoms with van der Waals surface area (Å²) in [6, 6.07) is 13.9. The van der Waals surface area contributed by atoms with E-state index in [-0.39, 0.29) is 24.3 Å². The minimum atomic E-state index is -0.457. The maximum Gasteiger partial charge on any atom is 0.225 e. The molecule has 0 spiro atoms. The number of benzene rings is 2. The summed E-state index contributed by atoms with van der Waals surface area (Å²) in [5, 5.41) is 7.99. The Kier molecular flexibility index (Phi) is 6.15. The number of fused-ring (bicyclic) bond motifs is 1. The van der Waals surface area contributed by atoms with Crippen LogP contribution < -0.4 is 16.4 Å². The van der Waals surface area contributed by atoms with Crippen LogP contribution in [0.4, 0.5) is 0 Å². The van der Waals surface area contributed by atoms with Crippen molar-refractivity contribution in [2.75, 3.05) is 13.1 Å². The first-order valence-electron chi connectivity index (χ1n) is 8.57. The molecule has 0 aromatic heterocycles. The second kappa shape index (κ2) is 8.12. The molecular weight excluding hydrogens is 314 g/mol. The van der Waals surface area contributed by atoms with E-state index >= 15 is 0 Å². The van der Waals surface area contributed by atoms with Crippen molar-refractivity contribution in [3.8, 4) is 0 Å². The zero-order valence-corrected chi connectivity index (χ0v) is 15.1. The van der Waals surface area contributed by atoms with Crippen LogP contribution in [0.5, 0.6) is 0 Å². The van der Waals surface area contributed by atoms with Gasteiger partial charge in [0.1, 0.15) is 0 Å². The molecule has 134 valence electrons. The van der Waals surface area contributed by atoms with Gasteiger partial charge in [-0.15, -0.1) is 0 Å². The Balaban J connectivity index is 1.94. The topological polar surface area (TPSA) is 84.2 Å². The zero-order valence-electron chi connectivity index (χ0n) is 15.1. The molecule has 2 rings (SSSR count). The van der Waals surface area contributed by atoms with Gasteiger partial charge in [0, 0.05) is 24.9 Å². The summed E-state index contributed by atoms with van der Waals surface area (Å²) in [6.45, 7) is 6.15. The minimum absolute atomic E-state index is 0.0646. The van der Waals surface area contributed by atoms with Crippen LogP contribution in [0.15, 0.2) is 42.5 Å². The van der Waals surface area contributed by atoms with Gasteiger partial charge in [-0.25, -0.2) is 0 Å². The molecule has 5 nitrogen and oxygen atoms in total. The number of rotatable bonds is 6.